The van der Waals surface area contributed by atoms with E-state index in [1.165, 1.54) is 38.5 Å². The Bertz CT molecular complexity index is 90.6. The molecule has 0 aromatic carbocycles. The number of allylic oxidation sites excluding steroid dienone is 2. The molecular formula is C14H30. The Morgan fingerprint density at radius 3 is 1.36 bits per heavy atom. The molecule has 0 amide bonds. The molecule has 0 saturated heterocycles. The molecule has 0 aliphatic heterocycles. The van der Waals surface area contributed by atoms with Crippen LogP contribution in [-0.4, -0.2) is 0 Å². The minimum Gasteiger partial charge on any atom is -0.0885 e. The van der Waals surface area contributed by atoms with E-state index in [-0.39, 0.29) is 0 Å². The molecule has 0 N–H and O–H groups in total. The third-order valence-corrected chi connectivity index (χ3v) is 1.94. The van der Waals surface area contributed by atoms with E-state index in [9.17, 15) is 0 Å². The summed E-state index contributed by atoms with van der Waals surface area (Å²) in [4.78, 5) is 0. The molecule has 0 unspecified atom stereocenters. The smallest absolute Gasteiger partial charge is 0.0353 e. The van der Waals surface area contributed by atoms with Crippen LogP contribution in [0.5, 0.6) is 0 Å². The SMILES string of the molecule is CC.CC1CC1.CCC/C=C\CCC. The molecule has 0 heteroatoms. The van der Waals surface area contributed by atoms with Crippen LogP contribution in [-0.2, 0) is 0 Å². The van der Waals surface area contributed by atoms with Gasteiger partial charge in [-0.2, -0.15) is 0 Å². The van der Waals surface area contributed by atoms with E-state index in [2.05, 4.69) is 32.9 Å². The van der Waals surface area contributed by atoms with Crippen LogP contribution in [0.4, 0.5) is 0 Å². The van der Waals surface area contributed by atoms with E-state index >= 15 is 0 Å². The van der Waals surface area contributed by atoms with E-state index < -0.39 is 0 Å². The summed E-state index contributed by atoms with van der Waals surface area (Å²) in [7, 11) is 0. The Balaban J connectivity index is 0. The Kier molecular flexibility index (Phi) is 17.6. The van der Waals surface area contributed by atoms with Gasteiger partial charge in [0, 0.05) is 0 Å². The normalized spacial score (nSPS) is 14.1. The Hall–Kier alpha value is -0.260. The van der Waals surface area contributed by atoms with Gasteiger partial charge in [-0.3, -0.25) is 0 Å². The van der Waals surface area contributed by atoms with E-state index in [4.69, 9.17) is 0 Å². The van der Waals surface area contributed by atoms with Crippen LogP contribution in [0.3, 0.4) is 0 Å². The second-order valence-electron chi connectivity index (χ2n) is 3.73. The first-order valence-electron chi connectivity index (χ1n) is 6.46. The molecule has 0 atom stereocenters. The minimum atomic E-state index is 1.08. The molecular weight excluding hydrogens is 168 g/mol. The lowest BCUT2D eigenvalue weighted by molar-refractivity contribution is 0.921. The molecule has 1 aliphatic carbocycles. The summed E-state index contributed by atoms with van der Waals surface area (Å²) in [5, 5.41) is 0. The molecule has 0 nitrogen and oxygen atoms in total. The second kappa shape index (κ2) is 15.2. The van der Waals surface area contributed by atoms with Crippen LogP contribution in [0.2, 0.25) is 0 Å². The van der Waals surface area contributed by atoms with Gasteiger partial charge in [-0.15, -0.1) is 0 Å². The lowest BCUT2D eigenvalue weighted by Gasteiger charge is -1.83. The number of rotatable bonds is 4. The third-order valence-electron chi connectivity index (χ3n) is 1.94. The van der Waals surface area contributed by atoms with Gasteiger partial charge in [0.15, 0.2) is 0 Å². The van der Waals surface area contributed by atoms with Crippen LogP contribution in [0, 0.1) is 5.92 Å². The van der Waals surface area contributed by atoms with Crippen molar-refractivity contribution in [2.24, 2.45) is 5.92 Å². The largest absolute Gasteiger partial charge is 0.0885 e. The molecule has 0 aromatic rings. The third kappa shape index (κ3) is 22.6. The zero-order valence-corrected chi connectivity index (χ0v) is 11.0. The summed E-state index contributed by atoms with van der Waals surface area (Å²) >= 11 is 0. The Labute approximate surface area is 91.8 Å². The summed E-state index contributed by atoms with van der Waals surface area (Å²) in [6.45, 7) is 10.7. The first-order valence-corrected chi connectivity index (χ1v) is 6.46. The molecule has 0 spiro atoms. The van der Waals surface area contributed by atoms with Crippen molar-refractivity contribution >= 4 is 0 Å². The maximum Gasteiger partial charge on any atom is -0.0353 e. The molecule has 0 aromatic heterocycles. The first kappa shape index (κ1) is 16.2. The highest BCUT2D eigenvalue weighted by atomic mass is 14.2. The molecule has 1 aliphatic rings. The second-order valence-corrected chi connectivity index (χ2v) is 3.73. The fraction of sp³-hybridized carbons (Fsp3) is 0.857. The average Bonchev–Trinajstić information content (AvgIpc) is 3.00. The van der Waals surface area contributed by atoms with Gasteiger partial charge in [0.1, 0.15) is 0 Å². The molecule has 86 valence electrons. The van der Waals surface area contributed by atoms with E-state index in [1.807, 2.05) is 13.8 Å². The minimum absolute atomic E-state index is 1.08. The molecule has 1 fully saturated rings. The van der Waals surface area contributed by atoms with Gasteiger partial charge < -0.3 is 0 Å². The number of unbranched alkanes of at least 4 members (excludes halogenated alkanes) is 2. The molecule has 1 rings (SSSR count). The van der Waals surface area contributed by atoms with Crippen LogP contribution >= 0.6 is 0 Å². The highest BCUT2D eigenvalue weighted by molar-refractivity contribution is 4.79. The van der Waals surface area contributed by atoms with Crippen molar-refractivity contribution in [2.75, 3.05) is 0 Å². The standard InChI is InChI=1S/C8H16.C4H8.C2H6/c1-3-5-7-8-6-4-2;1-4-2-3-4;1-2/h7-8H,3-6H2,1-2H3;4H,2-3H2,1H3;1-2H3/b8-7-;;. The van der Waals surface area contributed by atoms with Gasteiger partial charge in [0.05, 0.1) is 0 Å². The van der Waals surface area contributed by atoms with Gasteiger partial charge in [-0.1, -0.05) is 72.5 Å². The molecule has 14 heavy (non-hydrogen) atoms. The highest BCUT2D eigenvalue weighted by Crippen LogP contribution is 2.26. The quantitative estimate of drug-likeness (QED) is 0.517. The molecule has 0 radical (unpaired) electrons. The van der Waals surface area contributed by atoms with Crippen molar-refractivity contribution < 1.29 is 0 Å². The molecule has 1 saturated carbocycles. The summed E-state index contributed by atoms with van der Waals surface area (Å²) < 4.78 is 0. The number of hydrogen-bond donors (Lipinski definition) is 0. The van der Waals surface area contributed by atoms with Crippen LogP contribution in [0.15, 0.2) is 12.2 Å². The summed E-state index contributed by atoms with van der Waals surface area (Å²) in [5.74, 6) is 1.08. The molecule has 0 bridgehead atoms. The van der Waals surface area contributed by atoms with E-state index in [0.717, 1.165) is 5.92 Å². The maximum absolute atomic E-state index is 2.28. The lowest BCUT2D eigenvalue weighted by atomic mass is 10.2. The zero-order valence-electron chi connectivity index (χ0n) is 11.0. The van der Waals surface area contributed by atoms with Crippen molar-refractivity contribution in [1.82, 2.24) is 0 Å². The Morgan fingerprint density at radius 2 is 1.21 bits per heavy atom. The van der Waals surface area contributed by atoms with E-state index in [0.29, 0.717) is 0 Å². The predicted molar refractivity (Wildman–Crippen MR) is 68.7 cm³/mol. The van der Waals surface area contributed by atoms with Crippen LogP contribution < -0.4 is 0 Å². The van der Waals surface area contributed by atoms with Gasteiger partial charge in [-0.25, -0.2) is 0 Å². The monoisotopic (exact) mass is 198 g/mol. The van der Waals surface area contributed by atoms with Crippen molar-refractivity contribution in [2.45, 2.75) is 73.1 Å². The first-order chi connectivity index (χ1) is 6.81. The topological polar surface area (TPSA) is 0 Å². The maximum atomic E-state index is 2.28. The fourth-order valence-electron chi connectivity index (χ4n) is 0.736. The predicted octanol–water partition coefficient (Wildman–Crippen LogP) is 5.59. The average molecular weight is 198 g/mol. The summed E-state index contributed by atoms with van der Waals surface area (Å²) in [6.07, 6.45) is 12.6. The van der Waals surface area contributed by atoms with Crippen molar-refractivity contribution in [3.8, 4) is 0 Å². The summed E-state index contributed by atoms with van der Waals surface area (Å²) in [6, 6.07) is 0. The van der Waals surface area contributed by atoms with Crippen LogP contribution in [0.25, 0.3) is 0 Å². The van der Waals surface area contributed by atoms with Gasteiger partial charge in [0.25, 0.3) is 0 Å². The summed E-state index contributed by atoms with van der Waals surface area (Å²) in [5.41, 5.74) is 0. The van der Waals surface area contributed by atoms with Crippen molar-refractivity contribution in [3.63, 3.8) is 0 Å². The van der Waals surface area contributed by atoms with Gasteiger partial charge in [-0.05, 0) is 18.8 Å². The van der Waals surface area contributed by atoms with Gasteiger partial charge in [0.2, 0.25) is 0 Å². The Morgan fingerprint density at radius 1 is 0.929 bits per heavy atom. The van der Waals surface area contributed by atoms with Crippen molar-refractivity contribution in [1.29, 1.82) is 0 Å². The number of hydrogen-bond acceptors (Lipinski definition) is 0. The highest BCUT2D eigenvalue weighted by Gasteiger charge is 2.12. The lowest BCUT2D eigenvalue weighted by Crippen LogP contribution is -1.62. The zero-order chi connectivity index (χ0) is 11.2. The van der Waals surface area contributed by atoms with E-state index in [1.54, 1.807) is 0 Å². The van der Waals surface area contributed by atoms with Crippen molar-refractivity contribution in [3.05, 3.63) is 12.2 Å². The molecule has 0 heterocycles. The van der Waals surface area contributed by atoms with Gasteiger partial charge >= 0.3 is 0 Å². The van der Waals surface area contributed by atoms with Crippen LogP contribution in [0.1, 0.15) is 73.1 Å². The fourth-order valence-corrected chi connectivity index (χ4v) is 0.736.